The van der Waals surface area contributed by atoms with Crippen molar-refractivity contribution < 1.29 is 22.1 Å². The Morgan fingerprint density at radius 3 is 2.46 bits per heavy atom. The Labute approximate surface area is 164 Å². The number of hydrogen-bond donors (Lipinski definition) is 1. The summed E-state index contributed by atoms with van der Waals surface area (Å²) in [6.45, 7) is 5.18. The van der Waals surface area contributed by atoms with Crippen molar-refractivity contribution in [3.05, 3.63) is 42.4 Å². The van der Waals surface area contributed by atoms with Crippen molar-refractivity contribution in [3.8, 4) is 11.3 Å². The van der Waals surface area contributed by atoms with Gasteiger partial charge in [-0.3, -0.25) is 9.17 Å². The highest BCUT2D eigenvalue weighted by Gasteiger charge is 2.21. The first-order chi connectivity index (χ1) is 13.0. The van der Waals surface area contributed by atoms with Gasteiger partial charge in [0.15, 0.2) is 0 Å². The van der Waals surface area contributed by atoms with Crippen molar-refractivity contribution >= 4 is 16.2 Å². The minimum atomic E-state index is -3.57. The Hall–Kier alpha value is -2.59. The summed E-state index contributed by atoms with van der Waals surface area (Å²) in [7, 11) is -3.57. The second-order valence-electron chi connectivity index (χ2n) is 7.12. The van der Waals surface area contributed by atoms with Gasteiger partial charge in [0.05, 0.1) is 37.0 Å². The van der Waals surface area contributed by atoms with Gasteiger partial charge in [0.1, 0.15) is 5.60 Å². The number of hydrogen-bond acceptors (Lipinski definition) is 8. The number of pyridine rings is 1. The van der Waals surface area contributed by atoms with E-state index in [1.807, 2.05) is 0 Å². The van der Waals surface area contributed by atoms with E-state index >= 15 is 0 Å². The quantitative estimate of drug-likeness (QED) is 0.694. The van der Waals surface area contributed by atoms with Crippen molar-refractivity contribution in [2.75, 3.05) is 12.9 Å². The van der Waals surface area contributed by atoms with Gasteiger partial charge < -0.3 is 10.1 Å². The highest BCUT2D eigenvalue weighted by Crippen LogP contribution is 2.21. The van der Waals surface area contributed by atoms with Crippen LogP contribution < -0.4 is 5.32 Å². The van der Waals surface area contributed by atoms with E-state index in [1.165, 1.54) is 0 Å². The monoisotopic (exact) mass is 408 g/mol. The molecular formula is C18H24N4O5S. The predicted molar refractivity (Wildman–Crippen MR) is 103 cm³/mol. The zero-order chi connectivity index (χ0) is 20.8. The molecule has 0 aliphatic heterocycles. The van der Waals surface area contributed by atoms with Crippen LogP contribution in [-0.4, -0.2) is 48.2 Å². The van der Waals surface area contributed by atoms with Gasteiger partial charge in [-0.15, -0.1) is 0 Å². The van der Waals surface area contributed by atoms with E-state index in [0.717, 1.165) is 11.8 Å². The highest BCUT2D eigenvalue weighted by atomic mass is 32.2. The molecule has 0 aliphatic carbocycles. The summed E-state index contributed by atoms with van der Waals surface area (Å²) in [5.74, 6) is 0. The Kier molecular flexibility index (Phi) is 7.03. The SMILES string of the molecule is CC(C)(C)OC(=O)N[C@H](CCOS(C)(=O)=O)c1ccc(-c2ccnnc2)nc1. The fourth-order valence-corrected chi connectivity index (χ4v) is 2.71. The first kappa shape index (κ1) is 21.7. The summed E-state index contributed by atoms with van der Waals surface area (Å²) in [5.41, 5.74) is 1.53. The molecule has 152 valence electrons. The molecule has 2 aromatic rings. The maximum Gasteiger partial charge on any atom is 0.408 e. The second-order valence-corrected chi connectivity index (χ2v) is 8.77. The molecule has 1 N–H and O–H groups in total. The van der Waals surface area contributed by atoms with Crippen LogP contribution in [-0.2, 0) is 19.0 Å². The summed E-state index contributed by atoms with van der Waals surface area (Å²) in [6, 6.07) is 4.83. The summed E-state index contributed by atoms with van der Waals surface area (Å²) in [6.07, 6.45) is 5.36. The summed E-state index contributed by atoms with van der Waals surface area (Å²) >= 11 is 0. The van der Waals surface area contributed by atoms with Gasteiger partial charge >= 0.3 is 6.09 Å². The molecule has 9 nitrogen and oxygen atoms in total. The normalized spacial score (nSPS) is 13.0. The van der Waals surface area contributed by atoms with E-state index in [9.17, 15) is 13.2 Å². The molecule has 0 unspecified atom stereocenters. The molecular weight excluding hydrogens is 384 g/mol. The fraction of sp³-hybridized carbons (Fsp3) is 0.444. The topological polar surface area (TPSA) is 120 Å². The number of rotatable bonds is 7. The third-order valence-corrected chi connectivity index (χ3v) is 4.06. The van der Waals surface area contributed by atoms with Crippen molar-refractivity contribution in [2.24, 2.45) is 0 Å². The molecule has 0 aliphatic rings. The summed E-state index contributed by atoms with van der Waals surface area (Å²) < 4.78 is 32.5. The van der Waals surface area contributed by atoms with Gasteiger partial charge in [0.25, 0.3) is 10.1 Å². The van der Waals surface area contributed by atoms with E-state index < -0.39 is 27.9 Å². The second kappa shape index (κ2) is 9.07. The van der Waals surface area contributed by atoms with E-state index in [-0.39, 0.29) is 13.0 Å². The Bertz CT molecular complexity index is 880. The summed E-state index contributed by atoms with van der Waals surface area (Å²) in [4.78, 5) is 16.6. The lowest BCUT2D eigenvalue weighted by Crippen LogP contribution is -2.35. The van der Waals surface area contributed by atoms with Crippen molar-refractivity contribution in [2.45, 2.75) is 38.8 Å². The standard InChI is InChI=1S/C18H24N4O5S/c1-18(2,3)27-17(23)22-16(8-10-26-28(4,24)25)13-5-6-15(19-11-13)14-7-9-20-21-12-14/h5-7,9,11-12,16H,8,10H2,1-4H3,(H,22,23)/t16-/m1/s1. The van der Waals surface area contributed by atoms with Crippen LogP contribution in [0.2, 0.25) is 0 Å². The highest BCUT2D eigenvalue weighted by molar-refractivity contribution is 7.85. The van der Waals surface area contributed by atoms with Gasteiger partial charge in [0.2, 0.25) is 0 Å². The number of aromatic nitrogens is 3. The van der Waals surface area contributed by atoms with Gasteiger partial charge in [-0.05, 0) is 44.9 Å². The molecule has 0 bridgehead atoms. The Morgan fingerprint density at radius 2 is 1.93 bits per heavy atom. The number of amides is 1. The van der Waals surface area contributed by atoms with Crippen LogP contribution in [0.1, 0.15) is 38.8 Å². The third kappa shape index (κ3) is 7.57. The molecule has 1 atom stereocenters. The van der Waals surface area contributed by atoms with Crippen molar-refractivity contribution in [1.29, 1.82) is 0 Å². The number of nitrogens with zero attached hydrogens (tertiary/aromatic N) is 3. The lowest BCUT2D eigenvalue weighted by atomic mass is 10.1. The molecule has 2 heterocycles. The number of carbonyl (C=O) groups is 1. The van der Waals surface area contributed by atoms with Gasteiger partial charge in [0, 0.05) is 11.8 Å². The molecule has 2 rings (SSSR count). The lowest BCUT2D eigenvalue weighted by molar-refractivity contribution is 0.0498. The molecule has 10 heteroatoms. The van der Waals surface area contributed by atoms with Crippen LogP contribution in [0, 0.1) is 0 Å². The van der Waals surface area contributed by atoms with Gasteiger partial charge in [-0.25, -0.2) is 4.79 Å². The van der Waals surface area contributed by atoms with Crippen LogP contribution in [0.3, 0.4) is 0 Å². The fourth-order valence-electron chi connectivity index (χ4n) is 2.31. The molecule has 0 spiro atoms. The molecule has 0 aromatic carbocycles. The largest absolute Gasteiger partial charge is 0.444 e. The third-order valence-electron chi connectivity index (χ3n) is 3.46. The number of nitrogens with one attached hydrogen (secondary N) is 1. The molecule has 1 amide bonds. The van der Waals surface area contributed by atoms with Gasteiger partial charge in [-0.1, -0.05) is 6.07 Å². The maximum atomic E-state index is 12.2. The van der Waals surface area contributed by atoms with Crippen LogP contribution in [0.15, 0.2) is 36.8 Å². The zero-order valence-electron chi connectivity index (χ0n) is 16.2. The first-order valence-corrected chi connectivity index (χ1v) is 10.4. The lowest BCUT2D eigenvalue weighted by Gasteiger charge is -2.24. The Morgan fingerprint density at radius 1 is 1.18 bits per heavy atom. The van der Waals surface area contributed by atoms with E-state index in [2.05, 4.69) is 20.5 Å². The number of alkyl carbamates (subject to hydrolysis) is 1. The Balaban J connectivity index is 2.16. The maximum absolute atomic E-state index is 12.2. The molecule has 28 heavy (non-hydrogen) atoms. The average Bonchev–Trinajstić information content (AvgIpc) is 2.59. The van der Waals surface area contributed by atoms with E-state index in [0.29, 0.717) is 11.3 Å². The molecule has 0 saturated carbocycles. The van der Waals surface area contributed by atoms with Crippen LogP contribution in [0.25, 0.3) is 11.3 Å². The first-order valence-electron chi connectivity index (χ1n) is 8.60. The van der Waals surface area contributed by atoms with Crippen molar-refractivity contribution in [3.63, 3.8) is 0 Å². The minimum absolute atomic E-state index is 0.0880. The smallest absolute Gasteiger partial charge is 0.408 e. The molecule has 0 fully saturated rings. The van der Waals surface area contributed by atoms with Crippen LogP contribution in [0.5, 0.6) is 0 Å². The van der Waals surface area contributed by atoms with Gasteiger partial charge in [-0.2, -0.15) is 18.6 Å². The molecule has 0 radical (unpaired) electrons. The van der Waals surface area contributed by atoms with Crippen LogP contribution in [0.4, 0.5) is 4.79 Å². The van der Waals surface area contributed by atoms with E-state index in [1.54, 1.807) is 57.6 Å². The van der Waals surface area contributed by atoms with Crippen molar-refractivity contribution in [1.82, 2.24) is 20.5 Å². The van der Waals surface area contributed by atoms with E-state index in [4.69, 9.17) is 8.92 Å². The molecule has 0 saturated heterocycles. The van der Waals surface area contributed by atoms with Crippen LogP contribution >= 0.6 is 0 Å². The average molecular weight is 408 g/mol. The summed E-state index contributed by atoms with van der Waals surface area (Å²) in [5, 5.41) is 10.3. The predicted octanol–water partition coefficient (Wildman–Crippen LogP) is 2.47. The zero-order valence-corrected chi connectivity index (χ0v) is 17.1. The number of ether oxygens (including phenoxy) is 1. The molecule has 2 aromatic heterocycles. The minimum Gasteiger partial charge on any atom is -0.444 e. The number of carbonyl (C=O) groups excluding carboxylic acids is 1.